The molecule has 0 aromatic carbocycles. The van der Waals surface area contributed by atoms with Crippen LogP contribution in [0.1, 0.15) is 40.5 Å². The van der Waals surface area contributed by atoms with E-state index in [0.29, 0.717) is 13.8 Å². The lowest BCUT2D eigenvalue weighted by Crippen LogP contribution is -2.71. The summed E-state index contributed by atoms with van der Waals surface area (Å²) in [5.74, 6) is -87.6. The fourth-order valence-electron chi connectivity index (χ4n) is 3.96. The van der Waals surface area contributed by atoms with Crippen molar-refractivity contribution in [1.82, 2.24) is 0 Å². The first-order valence-corrected chi connectivity index (χ1v) is 12.5. The van der Waals surface area contributed by atoms with Crippen molar-refractivity contribution in [2.75, 3.05) is 0 Å². The second-order valence-corrected chi connectivity index (χ2v) is 10.4. The SMILES string of the molecule is CCC(OC(CC)C(C)C(F)(F)C(F)(F)C(F)(F)C(F)(F)C(F)(F)C(F)(F)F)C(C)C(F)(F)C(F)(F)C(F)(F)C(F)(F)C(F)(F)C(F)(F)F. The van der Waals surface area contributed by atoms with E-state index in [1.54, 1.807) is 0 Å². The number of alkyl halides is 26. The fourth-order valence-corrected chi connectivity index (χ4v) is 3.96. The molecule has 4 atom stereocenters. The van der Waals surface area contributed by atoms with Gasteiger partial charge in [0.15, 0.2) is 0 Å². The minimum absolute atomic E-state index is 0.429. The Bertz CT molecular complexity index is 1030. The van der Waals surface area contributed by atoms with Gasteiger partial charge in [-0.05, 0) is 12.8 Å². The summed E-state index contributed by atoms with van der Waals surface area (Å²) in [6.07, 6.45) is -24.9. The second kappa shape index (κ2) is 13.0. The van der Waals surface area contributed by atoms with Gasteiger partial charge in [0.2, 0.25) is 0 Å². The summed E-state index contributed by atoms with van der Waals surface area (Å²) in [6.45, 7) is -0.0670. The molecule has 0 rings (SSSR count). The van der Waals surface area contributed by atoms with Gasteiger partial charge < -0.3 is 4.74 Å². The normalized spacial score (nSPS) is 18.7. The van der Waals surface area contributed by atoms with E-state index in [0.717, 1.165) is 0 Å². The van der Waals surface area contributed by atoms with Crippen LogP contribution in [-0.4, -0.2) is 83.8 Å². The summed E-state index contributed by atoms with van der Waals surface area (Å²) in [6, 6.07) is 0. The smallest absolute Gasteiger partial charge is 0.374 e. The van der Waals surface area contributed by atoms with Gasteiger partial charge in [0, 0.05) is 0 Å². The maximum atomic E-state index is 14.6. The molecule has 0 aliphatic heterocycles. The summed E-state index contributed by atoms with van der Waals surface area (Å²) in [5, 5.41) is 0. The van der Waals surface area contributed by atoms with E-state index in [9.17, 15) is 114 Å². The summed E-state index contributed by atoms with van der Waals surface area (Å²) >= 11 is 0. The monoisotopic (exact) mass is 794 g/mol. The first-order chi connectivity index (χ1) is 20.9. The Labute approximate surface area is 256 Å². The molecule has 0 bridgehead atoms. The number of halogens is 26. The Morgan fingerprint density at radius 1 is 0.327 bits per heavy atom. The molecule has 0 aromatic heterocycles. The molecule has 0 fully saturated rings. The molecular weight excluding hydrogens is 774 g/mol. The third-order valence-corrected chi connectivity index (χ3v) is 7.33. The summed E-state index contributed by atoms with van der Waals surface area (Å²) in [7, 11) is 0. The van der Waals surface area contributed by atoms with Crippen LogP contribution in [-0.2, 0) is 4.74 Å². The summed E-state index contributed by atoms with van der Waals surface area (Å²) < 4.78 is 355. The largest absolute Gasteiger partial charge is 0.460 e. The highest BCUT2D eigenvalue weighted by atomic mass is 19.4. The molecule has 0 aliphatic carbocycles. The van der Waals surface area contributed by atoms with Crippen molar-refractivity contribution in [2.24, 2.45) is 11.8 Å². The first-order valence-electron chi connectivity index (χ1n) is 12.5. The highest BCUT2D eigenvalue weighted by Crippen LogP contribution is 2.63. The van der Waals surface area contributed by atoms with E-state index in [1.807, 2.05) is 0 Å². The zero-order valence-corrected chi connectivity index (χ0v) is 24.0. The molecule has 0 N–H and O–H groups in total. The lowest BCUT2D eigenvalue weighted by molar-refractivity contribution is -0.445. The van der Waals surface area contributed by atoms with Crippen LogP contribution >= 0.6 is 0 Å². The van der Waals surface area contributed by atoms with Crippen LogP contribution in [0.2, 0.25) is 0 Å². The fraction of sp³-hybridized carbons (Fsp3) is 1.00. The minimum atomic E-state index is -8.38. The Kier molecular flexibility index (Phi) is 12.5. The van der Waals surface area contributed by atoms with Gasteiger partial charge in [-0.15, -0.1) is 0 Å². The molecule has 0 heterocycles. The van der Waals surface area contributed by atoms with Crippen LogP contribution < -0.4 is 0 Å². The molecule has 0 saturated carbocycles. The van der Waals surface area contributed by atoms with Gasteiger partial charge in [0.1, 0.15) is 0 Å². The summed E-state index contributed by atoms with van der Waals surface area (Å²) in [4.78, 5) is 0. The molecule has 1 nitrogen and oxygen atoms in total. The molecule has 0 aliphatic rings. The van der Waals surface area contributed by atoms with Crippen molar-refractivity contribution in [2.45, 2.75) is 124 Å². The van der Waals surface area contributed by atoms with Gasteiger partial charge in [-0.3, -0.25) is 0 Å². The highest BCUT2D eigenvalue weighted by molar-refractivity contribution is 5.13. The van der Waals surface area contributed by atoms with Crippen molar-refractivity contribution in [1.29, 1.82) is 0 Å². The lowest BCUT2D eigenvalue weighted by Gasteiger charge is -2.44. The van der Waals surface area contributed by atoms with Crippen LogP contribution in [0.15, 0.2) is 0 Å². The van der Waals surface area contributed by atoms with Gasteiger partial charge in [-0.25, -0.2) is 0 Å². The van der Waals surface area contributed by atoms with E-state index in [4.69, 9.17) is 0 Å². The number of hydrogen-bond donors (Lipinski definition) is 0. The number of ether oxygens (including phenoxy) is 1. The molecule has 4 unspecified atom stereocenters. The Morgan fingerprint density at radius 3 is 0.673 bits per heavy atom. The van der Waals surface area contributed by atoms with Crippen LogP contribution in [0.3, 0.4) is 0 Å². The van der Waals surface area contributed by atoms with Gasteiger partial charge >= 0.3 is 71.6 Å². The minimum Gasteiger partial charge on any atom is -0.374 e. The maximum absolute atomic E-state index is 14.6. The predicted octanol–water partition coefficient (Wildman–Crippen LogP) is 11.3. The van der Waals surface area contributed by atoms with Crippen LogP contribution in [0.25, 0.3) is 0 Å². The molecular formula is C22H20F26O. The van der Waals surface area contributed by atoms with Crippen molar-refractivity contribution in [3.63, 3.8) is 0 Å². The molecule has 27 heteroatoms. The van der Waals surface area contributed by atoms with E-state index in [2.05, 4.69) is 4.74 Å². The van der Waals surface area contributed by atoms with E-state index in [1.165, 1.54) is 0 Å². The first kappa shape index (κ1) is 47.1. The predicted molar refractivity (Wildman–Crippen MR) is 109 cm³/mol. The second-order valence-electron chi connectivity index (χ2n) is 10.4. The Morgan fingerprint density at radius 2 is 0.510 bits per heavy atom. The topological polar surface area (TPSA) is 9.23 Å². The zero-order valence-electron chi connectivity index (χ0n) is 24.0. The van der Waals surface area contributed by atoms with Gasteiger partial charge in [0.05, 0.1) is 24.0 Å². The molecule has 0 spiro atoms. The molecule has 0 aromatic rings. The van der Waals surface area contributed by atoms with Crippen molar-refractivity contribution >= 4 is 0 Å². The molecule has 0 amide bonds. The van der Waals surface area contributed by atoms with Crippen molar-refractivity contribution in [3.8, 4) is 0 Å². The third kappa shape index (κ3) is 6.66. The van der Waals surface area contributed by atoms with E-state index in [-0.39, 0.29) is 0 Å². The van der Waals surface area contributed by atoms with Crippen LogP contribution in [0.4, 0.5) is 114 Å². The van der Waals surface area contributed by atoms with Gasteiger partial charge in [0.25, 0.3) is 0 Å². The van der Waals surface area contributed by atoms with Crippen LogP contribution in [0, 0.1) is 11.8 Å². The van der Waals surface area contributed by atoms with Gasteiger partial charge in [-0.2, -0.15) is 114 Å². The highest BCUT2D eigenvalue weighted by Gasteiger charge is 2.92. The Hall–Kier alpha value is -1.86. The van der Waals surface area contributed by atoms with Crippen molar-refractivity contribution in [3.05, 3.63) is 0 Å². The van der Waals surface area contributed by atoms with E-state index >= 15 is 0 Å². The standard InChI is InChI=1S/C22H20F26O/c1-5-9(7(3)11(23,24)13(27,28)15(31,32)17(35,36)19(39,40)21(43,44)45)49-10(6-2)8(4)12(25,26)14(29,30)16(33,34)18(37,38)20(41,42)22(46,47)48/h7-10H,5-6H2,1-4H3. The average molecular weight is 794 g/mol. The summed E-state index contributed by atoms with van der Waals surface area (Å²) in [5.41, 5.74) is 0. The van der Waals surface area contributed by atoms with Gasteiger partial charge in [-0.1, -0.05) is 27.7 Å². The average Bonchev–Trinajstić information content (AvgIpc) is 2.90. The molecule has 296 valence electrons. The molecule has 49 heavy (non-hydrogen) atoms. The quantitative estimate of drug-likeness (QED) is 0.141. The molecule has 0 radical (unpaired) electrons. The maximum Gasteiger partial charge on any atom is 0.460 e. The Balaban J connectivity index is 6.87. The molecule has 0 saturated heterocycles. The number of hydrogen-bond acceptors (Lipinski definition) is 1. The van der Waals surface area contributed by atoms with E-state index < -0.39 is 122 Å². The third-order valence-electron chi connectivity index (χ3n) is 7.33. The lowest BCUT2D eigenvalue weighted by atomic mass is 9.83. The zero-order chi connectivity index (χ0) is 40.4. The van der Waals surface area contributed by atoms with Crippen molar-refractivity contribution < 1.29 is 119 Å². The number of rotatable bonds is 16. The van der Waals surface area contributed by atoms with Crippen LogP contribution in [0.5, 0.6) is 0 Å².